The van der Waals surface area contributed by atoms with E-state index in [1.807, 2.05) is 58.9 Å². The molecule has 0 spiro atoms. The van der Waals surface area contributed by atoms with E-state index in [4.69, 9.17) is 0 Å². The number of aromatic amines is 1. The molecule has 0 saturated heterocycles. The molecule has 0 bridgehead atoms. The van der Waals surface area contributed by atoms with Gasteiger partial charge >= 0.3 is 0 Å². The molecule has 8 heteroatoms. The minimum Gasteiger partial charge on any atom is -0.339 e. The number of anilines is 1. The van der Waals surface area contributed by atoms with Gasteiger partial charge in [0.15, 0.2) is 0 Å². The van der Waals surface area contributed by atoms with Crippen molar-refractivity contribution in [3.05, 3.63) is 53.6 Å². The van der Waals surface area contributed by atoms with Crippen LogP contribution in [0.5, 0.6) is 0 Å². The fraction of sp³-hybridized carbons (Fsp3) is 0.391. The number of rotatable bonds is 7. The predicted octanol–water partition coefficient (Wildman–Crippen LogP) is 3.46. The van der Waals surface area contributed by atoms with Crippen LogP contribution >= 0.6 is 0 Å². The van der Waals surface area contributed by atoms with Crippen molar-refractivity contribution < 1.29 is 9.59 Å². The molecule has 1 unspecified atom stereocenters. The average molecular weight is 423 g/mol. The molecule has 0 radical (unpaired) electrons. The number of amides is 2. The van der Waals surface area contributed by atoms with Crippen LogP contribution in [-0.4, -0.2) is 37.8 Å². The zero-order valence-corrected chi connectivity index (χ0v) is 18.9. The first-order valence-corrected chi connectivity index (χ1v) is 10.4. The van der Waals surface area contributed by atoms with Crippen LogP contribution in [-0.2, 0) is 11.8 Å². The second-order valence-corrected chi connectivity index (χ2v) is 8.27. The first-order valence-electron chi connectivity index (χ1n) is 10.4. The van der Waals surface area contributed by atoms with Crippen molar-refractivity contribution in [1.29, 1.82) is 0 Å². The first kappa shape index (κ1) is 22.3. The average Bonchev–Trinajstić information content (AvgIpc) is 3.31. The molecule has 164 valence electrons. The van der Waals surface area contributed by atoms with E-state index in [9.17, 15) is 9.59 Å². The van der Waals surface area contributed by atoms with Crippen LogP contribution in [0.4, 0.5) is 5.69 Å². The summed E-state index contributed by atoms with van der Waals surface area (Å²) in [6, 6.07) is 8.58. The highest BCUT2D eigenvalue weighted by molar-refractivity contribution is 6.00. The van der Waals surface area contributed by atoms with Crippen molar-refractivity contribution in [2.24, 2.45) is 18.9 Å². The summed E-state index contributed by atoms with van der Waals surface area (Å²) in [5.74, 6) is -0.432. The summed E-state index contributed by atoms with van der Waals surface area (Å²) in [7, 11) is 1.70. The molecule has 0 aliphatic rings. The van der Waals surface area contributed by atoms with E-state index >= 15 is 0 Å². The second kappa shape index (κ2) is 9.16. The summed E-state index contributed by atoms with van der Waals surface area (Å²) in [5, 5.41) is 17.1. The third kappa shape index (κ3) is 4.84. The van der Waals surface area contributed by atoms with E-state index in [0.29, 0.717) is 11.4 Å². The van der Waals surface area contributed by atoms with E-state index in [1.165, 1.54) is 4.68 Å². The minimum atomic E-state index is -0.680. The topological polar surface area (TPSA) is 105 Å². The van der Waals surface area contributed by atoms with E-state index in [0.717, 1.165) is 22.5 Å². The Morgan fingerprint density at radius 3 is 2.26 bits per heavy atom. The van der Waals surface area contributed by atoms with Gasteiger partial charge in [-0.05, 0) is 49.4 Å². The summed E-state index contributed by atoms with van der Waals surface area (Å²) >= 11 is 0. The molecule has 3 aromatic rings. The van der Waals surface area contributed by atoms with Gasteiger partial charge in [-0.1, -0.05) is 32.9 Å². The molecule has 0 aliphatic carbocycles. The van der Waals surface area contributed by atoms with Gasteiger partial charge in [0.1, 0.15) is 11.7 Å². The summed E-state index contributed by atoms with van der Waals surface area (Å²) in [6.07, 6.45) is 1.56. The van der Waals surface area contributed by atoms with Crippen LogP contribution in [0, 0.1) is 25.7 Å². The van der Waals surface area contributed by atoms with Gasteiger partial charge < -0.3 is 10.6 Å². The van der Waals surface area contributed by atoms with Gasteiger partial charge in [-0.3, -0.25) is 19.4 Å². The Kier molecular flexibility index (Phi) is 6.58. The molecule has 0 fully saturated rings. The standard InChI is InChI=1S/C23H30N6O2/c1-13(2)14(3)21(26-22(30)19-11-12-24-29(19)6)23(31)25-18-9-7-17(8-10-18)20-15(4)27-28-16(20)5/h7-14,21H,1-6H3,(H,25,31)(H,26,30)(H,27,28)/t14?,21-/m0/s1. The molecule has 3 rings (SSSR count). The molecule has 2 amide bonds. The van der Waals surface area contributed by atoms with Gasteiger partial charge in [-0.15, -0.1) is 0 Å². The summed E-state index contributed by atoms with van der Waals surface area (Å²) in [5.41, 5.74) is 5.09. The van der Waals surface area contributed by atoms with Crippen molar-refractivity contribution in [2.75, 3.05) is 5.32 Å². The van der Waals surface area contributed by atoms with Gasteiger partial charge in [-0.2, -0.15) is 10.2 Å². The predicted molar refractivity (Wildman–Crippen MR) is 121 cm³/mol. The molecular formula is C23H30N6O2. The SMILES string of the molecule is Cc1n[nH]c(C)c1-c1ccc(NC(=O)[C@@H](NC(=O)c2ccnn2C)C(C)C(C)C)cc1. The van der Waals surface area contributed by atoms with Crippen molar-refractivity contribution in [3.63, 3.8) is 0 Å². The lowest BCUT2D eigenvalue weighted by Gasteiger charge is -2.27. The van der Waals surface area contributed by atoms with Gasteiger partial charge in [-0.25, -0.2) is 0 Å². The largest absolute Gasteiger partial charge is 0.339 e. The molecule has 1 aromatic carbocycles. The number of hydrogen-bond donors (Lipinski definition) is 3. The Bertz CT molecular complexity index is 1040. The molecule has 2 heterocycles. The normalized spacial score (nSPS) is 13.1. The maximum Gasteiger partial charge on any atom is 0.270 e. The summed E-state index contributed by atoms with van der Waals surface area (Å²) in [6.45, 7) is 9.97. The van der Waals surface area contributed by atoms with E-state index in [2.05, 4.69) is 25.9 Å². The van der Waals surface area contributed by atoms with E-state index in [-0.39, 0.29) is 23.7 Å². The molecule has 31 heavy (non-hydrogen) atoms. The minimum absolute atomic E-state index is 0.0623. The lowest BCUT2D eigenvalue weighted by Crippen LogP contribution is -2.49. The summed E-state index contributed by atoms with van der Waals surface area (Å²) in [4.78, 5) is 25.8. The maximum atomic E-state index is 13.1. The third-order valence-electron chi connectivity index (χ3n) is 5.77. The van der Waals surface area contributed by atoms with Crippen LogP contribution in [0.3, 0.4) is 0 Å². The van der Waals surface area contributed by atoms with Crippen LogP contribution in [0.2, 0.25) is 0 Å². The number of nitrogens with one attached hydrogen (secondary N) is 3. The Labute approximate surface area is 182 Å². The van der Waals surface area contributed by atoms with Gasteiger partial charge in [0.05, 0.1) is 5.69 Å². The van der Waals surface area contributed by atoms with Crippen molar-refractivity contribution in [2.45, 2.75) is 40.7 Å². The number of carbonyl (C=O) groups is 2. The number of nitrogens with zero attached hydrogens (tertiary/aromatic N) is 3. The molecule has 0 saturated carbocycles. The Hall–Kier alpha value is -3.42. The maximum absolute atomic E-state index is 13.1. The molecule has 8 nitrogen and oxygen atoms in total. The highest BCUT2D eigenvalue weighted by Crippen LogP contribution is 2.26. The number of aryl methyl sites for hydroxylation is 3. The molecule has 2 aromatic heterocycles. The number of H-pyrrole nitrogens is 1. The monoisotopic (exact) mass is 422 g/mol. The number of aromatic nitrogens is 4. The lowest BCUT2D eigenvalue weighted by molar-refractivity contribution is -0.119. The zero-order valence-electron chi connectivity index (χ0n) is 18.9. The Balaban J connectivity index is 1.77. The van der Waals surface area contributed by atoms with Crippen LogP contribution < -0.4 is 10.6 Å². The zero-order chi connectivity index (χ0) is 22.7. The quantitative estimate of drug-likeness (QED) is 0.542. The number of carbonyl (C=O) groups excluding carboxylic acids is 2. The molecule has 3 N–H and O–H groups in total. The van der Waals surface area contributed by atoms with Crippen LogP contribution in [0.1, 0.15) is 42.6 Å². The second-order valence-electron chi connectivity index (χ2n) is 8.27. The number of benzene rings is 1. The van der Waals surface area contributed by atoms with Crippen LogP contribution in [0.15, 0.2) is 36.5 Å². The van der Waals surface area contributed by atoms with Gasteiger partial charge in [0, 0.05) is 30.2 Å². The van der Waals surface area contributed by atoms with Crippen molar-refractivity contribution in [1.82, 2.24) is 25.3 Å². The Morgan fingerprint density at radius 2 is 1.74 bits per heavy atom. The highest BCUT2D eigenvalue weighted by atomic mass is 16.2. The molecule has 2 atom stereocenters. The van der Waals surface area contributed by atoms with E-state index < -0.39 is 6.04 Å². The van der Waals surface area contributed by atoms with Gasteiger partial charge in [0.2, 0.25) is 5.91 Å². The molecular weight excluding hydrogens is 392 g/mol. The van der Waals surface area contributed by atoms with Gasteiger partial charge in [0.25, 0.3) is 5.91 Å². The highest BCUT2D eigenvalue weighted by Gasteiger charge is 2.30. The lowest BCUT2D eigenvalue weighted by atomic mass is 9.89. The van der Waals surface area contributed by atoms with Crippen LogP contribution in [0.25, 0.3) is 11.1 Å². The smallest absolute Gasteiger partial charge is 0.270 e. The fourth-order valence-corrected chi connectivity index (χ4v) is 3.55. The number of hydrogen-bond acceptors (Lipinski definition) is 4. The van der Waals surface area contributed by atoms with Crippen molar-refractivity contribution in [3.8, 4) is 11.1 Å². The Morgan fingerprint density at radius 1 is 1.06 bits per heavy atom. The molecule has 0 aliphatic heterocycles. The van der Waals surface area contributed by atoms with Crippen molar-refractivity contribution >= 4 is 17.5 Å². The first-order chi connectivity index (χ1) is 14.7. The fourth-order valence-electron chi connectivity index (χ4n) is 3.55. The summed E-state index contributed by atoms with van der Waals surface area (Å²) < 4.78 is 1.49. The van der Waals surface area contributed by atoms with E-state index in [1.54, 1.807) is 19.3 Å². The third-order valence-corrected chi connectivity index (χ3v) is 5.77.